The predicted molar refractivity (Wildman–Crippen MR) is 32.8 cm³/mol. The van der Waals surface area contributed by atoms with Crippen molar-refractivity contribution in [2.24, 2.45) is 0 Å². The van der Waals surface area contributed by atoms with Gasteiger partial charge in [0.2, 0.25) is 0 Å². The Bertz CT molecular complexity index is 80.9. The van der Waals surface area contributed by atoms with Crippen LogP contribution >= 0.6 is 0 Å². The highest BCUT2D eigenvalue weighted by molar-refractivity contribution is 4.86. The summed E-state index contributed by atoms with van der Waals surface area (Å²) in [6.45, 7) is 4.56. The van der Waals surface area contributed by atoms with Crippen molar-refractivity contribution in [3.8, 4) is 5.92 Å². The standard InChI is InChI=1S/C7H11O/c1-4-7(5-2)8-6-3/h7H,4,6H2,1,3H3. The first kappa shape index (κ1) is 7.52. The summed E-state index contributed by atoms with van der Waals surface area (Å²) < 4.78 is 5.04. The van der Waals surface area contributed by atoms with Crippen LogP contribution in [-0.2, 0) is 4.74 Å². The normalized spacial score (nSPS) is 12.6. The van der Waals surface area contributed by atoms with Crippen LogP contribution in [-0.4, -0.2) is 12.7 Å². The van der Waals surface area contributed by atoms with E-state index in [2.05, 4.69) is 5.92 Å². The SMILES string of the molecule is [C]#CC(CC)OCC. The van der Waals surface area contributed by atoms with Crippen LogP contribution in [0.25, 0.3) is 0 Å². The van der Waals surface area contributed by atoms with Crippen molar-refractivity contribution in [1.82, 2.24) is 0 Å². The maximum atomic E-state index is 6.69. The van der Waals surface area contributed by atoms with E-state index in [4.69, 9.17) is 11.2 Å². The molecule has 0 saturated carbocycles. The third-order valence-electron chi connectivity index (χ3n) is 0.900. The van der Waals surface area contributed by atoms with Gasteiger partial charge in [-0.25, -0.2) is 0 Å². The van der Waals surface area contributed by atoms with E-state index in [-0.39, 0.29) is 6.10 Å². The van der Waals surface area contributed by atoms with E-state index >= 15 is 0 Å². The molecule has 0 aliphatic carbocycles. The second kappa shape index (κ2) is 4.67. The molecule has 0 amide bonds. The van der Waals surface area contributed by atoms with Gasteiger partial charge < -0.3 is 4.74 Å². The quantitative estimate of drug-likeness (QED) is 0.500. The summed E-state index contributed by atoms with van der Waals surface area (Å²) in [7, 11) is 0. The highest BCUT2D eigenvalue weighted by atomic mass is 16.5. The van der Waals surface area contributed by atoms with Gasteiger partial charge in [-0.05, 0) is 19.8 Å². The van der Waals surface area contributed by atoms with Crippen LogP contribution in [0.2, 0.25) is 0 Å². The molecule has 0 bridgehead atoms. The van der Waals surface area contributed by atoms with E-state index in [1.807, 2.05) is 13.8 Å². The smallest absolute Gasteiger partial charge is 0.118 e. The highest BCUT2D eigenvalue weighted by Crippen LogP contribution is 1.93. The number of ether oxygens (including phenoxy) is 1. The molecular formula is C7H11O. The molecule has 1 radical (unpaired) electrons. The van der Waals surface area contributed by atoms with Gasteiger partial charge in [-0.15, -0.1) is 0 Å². The molecular weight excluding hydrogens is 100 g/mol. The minimum atomic E-state index is -0.0833. The molecule has 1 unspecified atom stereocenters. The summed E-state index contributed by atoms with van der Waals surface area (Å²) in [5.41, 5.74) is 0. The average Bonchev–Trinajstić information content (AvgIpc) is 1.83. The van der Waals surface area contributed by atoms with Crippen molar-refractivity contribution < 1.29 is 4.74 Å². The van der Waals surface area contributed by atoms with Gasteiger partial charge in [-0.2, -0.15) is 0 Å². The molecule has 1 atom stereocenters. The lowest BCUT2D eigenvalue weighted by Crippen LogP contribution is -2.07. The molecule has 0 aliphatic rings. The minimum absolute atomic E-state index is 0.0833. The third kappa shape index (κ3) is 2.65. The minimum Gasteiger partial charge on any atom is -0.366 e. The lowest BCUT2D eigenvalue weighted by Gasteiger charge is -2.04. The lowest BCUT2D eigenvalue weighted by atomic mass is 10.3. The molecule has 0 saturated heterocycles. The Kier molecular flexibility index (Phi) is 4.39. The molecule has 45 valence electrons. The van der Waals surface area contributed by atoms with Crippen molar-refractivity contribution >= 4 is 0 Å². The molecule has 0 aromatic rings. The molecule has 0 aliphatic heterocycles. The molecule has 0 spiro atoms. The van der Waals surface area contributed by atoms with Crippen molar-refractivity contribution in [3.63, 3.8) is 0 Å². The Morgan fingerprint density at radius 1 is 1.62 bits per heavy atom. The zero-order valence-electron chi connectivity index (χ0n) is 5.40. The molecule has 1 heteroatoms. The fraction of sp³-hybridized carbons (Fsp3) is 0.714. The molecule has 0 heterocycles. The fourth-order valence-corrected chi connectivity index (χ4v) is 0.463. The van der Waals surface area contributed by atoms with E-state index in [9.17, 15) is 0 Å². The summed E-state index contributed by atoms with van der Waals surface area (Å²) >= 11 is 0. The van der Waals surface area contributed by atoms with Gasteiger partial charge in [0.15, 0.2) is 0 Å². The van der Waals surface area contributed by atoms with Gasteiger partial charge in [-0.3, -0.25) is 0 Å². The highest BCUT2D eigenvalue weighted by Gasteiger charge is 1.96. The first-order chi connectivity index (χ1) is 3.85. The summed E-state index contributed by atoms with van der Waals surface area (Å²) in [6.07, 6.45) is 7.45. The zero-order chi connectivity index (χ0) is 6.41. The van der Waals surface area contributed by atoms with Crippen molar-refractivity contribution in [2.75, 3.05) is 6.61 Å². The van der Waals surface area contributed by atoms with Crippen LogP contribution in [0, 0.1) is 12.3 Å². The Labute approximate surface area is 51.0 Å². The largest absolute Gasteiger partial charge is 0.366 e. The summed E-state index contributed by atoms with van der Waals surface area (Å²) in [4.78, 5) is 0. The maximum Gasteiger partial charge on any atom is 0.118 e. The summed E-state index contributed by atoms with van der Waals surface area (Å²) in [5.74, 6) is 2.28. The van der Waals surface area contributed by atoms with E-state index in [1.165, 1.54) is 0 Å². The number of hydrogen-bond acceptors (Lipinski definition) is 1. The topological polar surface area (TPSA) is 9.23 Å². The van der Waals surface area contributed by atoms with Crippen molar-refractivity contribution in [3.05, 3.63) is 6.42 Å². The van der Waals surface area contributed by atoms with E-state index in [0.717, 1.165) is 6.42 Å². The average molecular weight is 111 g/mol. The van der Waals surface area contributed by atoms with Gasteiger partial charge in [0.1, 0.15) is 6.10 Å². The van der Waals surface area contributed by atoms with Gasteiger partial charge in [0, 0.05) is 6.61 Å². The Morgan fingerprint density at radius 2 is 2.25 bits per heavy atom. The van der Waals surface area contributed by atoms with Gasteiger partial charge in [0.25, 0.3) is 0 Å². The second-order valence-corrected chi connectivity index (χ2v) is 1.50. The zero-order valence-corrected chi connectivity index (χ0v) is 5.40. The molecule has 1 nitrogen and oxygen atoms in total. The van der Waals surface area contributed by atoms with Gasteiger partial charge >= 0.3 is 0 Å². The van der Waals surface area contributed by atoms with E-state index in [1.54, 1.807) is 0 Å². The van der Waals surface area contributed by atoms with Gasteiger partial charge in [0.05, 0.1) is 0 Å². The van der Waals surface area contributed by atoms with Crippen LogP contribution in [0.3, 0.4) is 0 Å². The monoisotopic (exact) mass is 111 g/mol. The molecule has 0 aromatic heterocycles. The number of hydrogen-bond donors (Lipinski definition) is 0. The maximum absolute atomic E-state index is 6.69. The lowest BCUT2D eigenvalue weighted by molar-refractivity contribution is 0.100. The molecule has 0 rings (SSSR count). The van der Waals surface area contributed by atoms with Crippen molar-refractivity contribution in [1.29, 1.82) is 0 Å². The van der Waals surface area contributed by atoms with Gasteiger partial charge in [-0.1, -0.05) is 12.8 Å². The number of rotatable bonds is 3. The third-order valence-corrected chi connectivity index (χ3v) is 0.900. The van der Waals surface area contributed by atoms with Crippen LogP contribution in [0.4, 0.5) is 0 Å². The van der Waals surface area contributed by atoms with E-state index in [0.29, 0.717) is 6.61 Å². The summed E-state index contributed by atoms with van der Waals surface area (Å²) in [6, 6.07) is 0. The van der Waals surface area contributed by atoms with E-state index < -0.39 is 0 Å². The summed E-state index contributed by atoms with van der Waals surface area (Å²) in [5, 5.41) is 0. The van der Waals surface area contributed by atoms with Crippen molar-refractivity contribution in [2.45, 2.75) is 26.4 Å². The van der Waals surface area contributed by atoms with Crippen LogP contribution in [0.5, 0.6) is 0 Å². The Hall–Kier alpha value is -0.480. The Morgan fingerprint density at radius 3 is 2.38 bits per heavy atom. The molecule has 0 fully saturated rings. The molecule has 0 N–H and O–H groups in total. The Balaban J connectivity index is 3.26. The first-order valence-corrected chi connectivity index (χ1v) is 2.89. The molecule has 8 heavy (non-hydrogen) atoms. The fourth-order valence-electron chi connectivity index (χ4n) is 0.463. The van der Waals surface area contributed by atoms with Crippen LogP contribution < -0.4 is 0 Å². The van der Waals surface area contributed by atoms with Crippen LogP contribution in [0.1, 0.15) is 20.3 Å². The van der Waals surface area contributed by atoms with Crippen LogP contribution in [0.15, 0.2) is 0 Å². The first-order valence-electron chi connectivity index (χ1n) is 2.89. The second-order valence-electron chi connectivity index (χ2n) is 1.50. The predicted octanol–water partition coefficient (Wildman–Crippen LogP) is 1.39. The molecule has 0 aromatic carbocycles.